The highest BCUT2D eigenvalue weighted by molar-refractivity contribution is 7.87. The number of ether oxygens (including phenoxy) is 2. The van der Waals surface area contributed by atoms with Crippen LogP contribution >= 0.6 is 11.6 Å². The van der Waals surface area contributed by atoms with E-state index in [0.29, 0.717) is 10.8 Å². The van der Waals surface area contributed by atoms with Gasteiger partial charge >= 0.3 is 16.2 Å². The Morgan fingerprint density at radius 3 is 2.54 bits per heavy atom. The number of hydrogen-bond acceptors (Lipinski definition) is 6. The average Bonchev–Trinajstić information content (AvgIpc) is 3.35. The van der Waals surface area contributed by atoms with E-state index in [1.807, 2.05) is 11.8 Å². The molecule has 0 bridgehead atoms. The van der Waals surface area contributed by atoms with E-state index < -0.39 is 33.6 Å². The van der Waals surface area contributed by atoms with Crippen molar-refractivity contribution in [3.05, 3.63) is 35.9 Å². The van der Waals surface area contributed by atoms with Crippen molar-refractivity contribution in [2.24, 2.45) is 5.92 Å². The van der Waals surface area contributed by atoms with Crippen LogP contribution < -0.4 is 4.72 Å². The van der Waals surface area contributed by atoms with Gasteiger partial charge in [0.1, 0.15) is 5.38 Å². The minimum atomic E-state index is -4.60. The molecule has 3 aliphatic rings. The van der Waals surface area contributed by atoms with Crippen LogP contribution in [0.15, 0.2) is 30.3 Å². The van der Waals surface area contributed by atoms with E-state index in [9.17, 15) is 13.2 Å². The van der Waals surface area contributed by atoms with Gasteiger partial charge in [-0.15, -0.1) is 15.9 Å². The Balaban J connectivity index is 1.53. The maximum Gasteiger partial charge on any atom is 0.308 e. The number of carbonyl (C=O) groups excluding carboxylic acids is 1. The van der Waals surface area contributed by atoms with Crippen molar-refractivity contribution in [1.82, 2.24) is 13.9 Å². The van der Waals surface area contributed by atoms with E-state index >= 15 is 4.39 Å². The number of likely N-dealkylation sites (N-methyl/N-ethyl adjacent to an activating group) is 1. The van der Waals surface area contributed by atoms with E-state index in [-0.39, 0.29) is 37.2 Å². The fourth-order valence-electron chi connectivity index (χ4n) is 5.19. The number of likely N-dealkylation sites (tertiary alicyclic amines) is 1. The summed E-state index contributed by atoms with van der Waals surface area (Å²) in [7, 11) is -2.59. The van der Waals surface area contributed by atoms with Gasteiger partial charge < -0.3 is 14.4 Å². The Morgan fingerprint density at radius 1 is 1.14 bits per heavy atom. The van der Waals surface area contributed by atoms with Crippen LogP contribution in [0.1, 0.15) is 55.3 Å². The van der Waals surface area contributed by atoms with Gasteiger partial charge in [0.05, 0.1) is 18.8 Å². The van der Waals surface area contributed by atoms with E-state index in [2.05, 4.69) is 4.90 Å². The van der Waals surface area contributed by atoms with Gasteiger partial charge in [-0.3, -0.25) is 4.79 Å². The van der Waals surface area contributed by atoms with Crippen molar-refractivity contribution in [2.75, 3.05) is 33.3 Å². The molecular formula is C24H35ClFN3O5S. The molecule has 1 aromatic rings. The number of hydrogen-bond donors (Lipinski definition) is 1. The predicted molar refractivity (Wildman–Crippen MR) is 131 cm³/mol. The normalized spacial score (nSPS) is 31.5. The van der Waals surface area contributed by atoms with E-state index in [4.69, 9.17) is 21.1 Å². The van der Waals surface area contributed by atoms with Crippen molar-refractivity contribution >= 4 is 27.7 Å². The minimum Gasteiger partial charge on any atom is -0.372 e. The van der Waals surface area contributed by atoms with Crippen molar-refractivity contribution in [1.29, 1.82) is 0 Å². The summed E-state index contributed by atoms with van der Waals surface area (Å²) in [6.45, 7) is 1.50. The molecule has 1 aromatic carbocycles. The lowest BCUT2D eigenvalue weighted by Gasteiger charge is -2.46. The Bertz CT molecular complexity index is 965. The SMILES string of the molecule is CN1CCCC(OC2CCN(S(=O)(=O)NC(=O)c3ccccc3)C(F)(OCC3CCCC3)C2Cl)C1. The molecule has 35 heavy (non-hydrogen) atoms. The number of halogens is 2. The lowest BCUT2D eigenvalue weighted by molar-refractivity contribution is -0.253. The second-order valence-corrected chi connectivity index (χ2v) is 11.9. The van der Waals surface area contributed by atoms with Gasteiger partial charge in [0.15, 0.2) is 0 Å². The topological polar surface area (TPSA) is 88.2 Å². The molecule has 1 saturated carbocycles. The molecule has 4 unspecified atom stereocenters. The Morgan fingerprint density at radius 2 is 1.86 bits per heavy atom. The van der Waals surface area contributed by atoms with Crippen LogP contribution in [0.5, 0.6) is 0 Å². The van der Waals surface area contributed by atoms with Gasteiger partial charge in [-0.05, 0) is 63.7 Å². The first kappa shape index (κ1) is 26.8. The van der Waals surface area contributed by atoms with Gasteiger partial charge in [0, 0.05) is 18.7 Å². The third-order valence-corrected chi connectivity index (χ3v) is 9.12. The number of alkyl halides is 2. The van der Waals surface area contributed by atoms with Crippen molar-refractivity contribution < 1.29 is 27.1 Å². The van der Waals surface area contributed by atoms with Gasteiger partial charge in [0.2, 0.25) is 0 Å². The van der Waals surface area contributed by atoms with Gasteiger partial charge in [-0.25, -0.2) is 4.72 Å². The molecule has 0 aromatic heterocycles. The second kappa shape index (κ2) is 11.4. The molecule has 2 saturated heterocycles. The molecule has 0 spiro atoms. The lowest BCUT2D eigenvalue weighted by Crippen LogP contribution is -2.66. The molecule has 11 heteroatoms. The molecule has 3 fully saturated rings. The summed E-state index contributed by atoms with van der Waals surface area (Å²) >= 11 is 6.63. The lowest BCUT2D eigenvalue weighted by atomic mass is 10.0. The number of amides is 1. The largest absolute Gasteiger partial charge is 0.372 e. The van der Waals surface area contributed by atoms with Gasteiger partial charge in [-0.2, -0.15) is 12.8 Å². The van der Waals surface area contributed by atoms with Crippen LogP contribution in [0.25, 0.3) is 0 Å². The Labute approximate surface area is 212 Å². The van der Waals surface area contributed by atoms with Gasteiger partial charge in [0.25, 0.3) is 5.91 Å². The Kier molecular flexibility index (Phi) is 8.71. The number of rotatable bonds is 8. The Hall–Kier alpha value is -1.30. The molecule has 4 rings (SSSR count). The molecular weight excluding hydrogens is 497 g/mol. The second-order valence-electron chi connectivity index (χ2n) is 9.84. The standard InChI is InChI=1S/C24H35ClFN3O5S/c1-28-14-7-12-20(16-28)34-21-13-15-29(24(26,22(21)25)33-17-18-8-5-6-9-18)35(31,32)27-23(30)19-10-3-2-4-11-19/h2-4,10-11,18,20-22H,5-9,12-17H2,1H3,(H,27,30). The molecule has 196 valence electrons. The molecule has 1 aliphatic carbocycles. The fourth-order valence-corrected chi connectivity index (χ4v) is 6.92. The van der Waals surface area contributed by atoms with Crippen molar-refractivity contribution in [2.45, 2.75) is 68.5 Å². The first-order chi connectivity index (χ1) is 16.7. The zero-order chi connectivity index (χ0) is 25.1. The highest BCUT2D eigenvalue weighted by atomic mass is 35.5. The summed E-state index contributed by atoms with van der Waals surface area (Å²) in [4.78, 5) is 14.7. The first-order valence-corrected chi connectivity index (χ1v) is 14.3. The van der Waals surface area contributed by atoms with Crippen molar-refractivity contribution in [3.8, 4) is 0 Å². The van der Waals surface area contributed by atoms with Crippen LogP contribution in [-0.4, -0.2) is 80.4 Å². The number of piperidine rings is 2. The van der Waals surface area contributed by atoms with E-state index in [0.717, 1.165) is 45.1 Å². The van der Waals surface area contributed by atoms with Crippen molar-refractivity contribution in [3.63, 3.8) is 0 Å². The summed E-state index contributed by atoms with van der Waals surface area (Å²) in [6.07, 6.45) is 5.02. The summed E-state index contributed by atoms with van der Waals surface area (Å²) in [5.74, 6) is -3.56. The molecule has 2 heterocycles. The maximum atomic E-state index is 16.7. The highest BCUT2D eigenvalue weighted by Gasteiger charge is 2.58. The molecule has 8 nitrogen and oxygen atoms in total. The predicted octanol–water partition coefficient (Wildman–Crippen LogP) is 3.28. The van der Waals surface area contributed by atoms with Crippen LogP contribution in [0.3, 0.4) is 0 Å². The summed E-state index contributed by atoms with van der Waals surface area (Å²) in [5, 5.41) is -1.40. The maximum absolute atomic E-state index is 16.7. The zero-order valence-electron chi connectivity index (χ0n) is 20.1. The van der Waals surface area contributed by atoms with Crippen LogP contribution in [0.2, 0.25) is 0 Å². The van der Waals surface area contributed by atoms with Crippen LogP contribution in [0, 0.1) is 5.92 Å². The van der Waals surface area contributed by atoms with Crippen LogP contribution in [0.4, 0.5) is 4.39 Å². The molecule has 1 N–H and O–H groups in total. The molecule has 0 radical (unpaired) electrons. The number of nitrogens with zero attached hydrogens (tertiary/aromatic N) is 2. The van der Waals surface area contributed by atoms with E-state index in [1.54, 1.807) is 18.2 Å². The fraction of sp³-hybridized carbons (Fsp3) is 0.708. The van der Waals surface area contributed by atoms with E-state index in [1.165, 1.54) is 12.1 Å². The first-order valence-electron chi connectivity index (χ1n) is 12.4. The third kappa shape index (κ3) is 6.34. The van der Waals surface area contributed by atoms with Gasteiger partial charge in [-0.1, -0.05) is 31.0 Å². The number of carbonyl (C=O) groups is 1. The monoisotopic (exact) mass is 531 g/mol. The molecule has 2 aliphatic heterocycles. The zero-order valence-corrected chi connectivity index (χ0v) is 21.6. The molecule has 1 amide bonds. The van der Waals surface area contributed by atoms with Crippen LogP contribution in [-0.2, 0) is 19.7 Å². The third-order valence-electron chi connectivity index (χ3n) is 7.12. The number of benzene rings is 1. The smallest absolute Gasteiger partial charge is 0.308 e. The minimum absolute atomic E-state index is 0.0528. The highest BCUT2D eigenvalue weighted by Crippen LogP contribution is 2.40. The summed E-state index contributed by atoms with van der Waals surface area (Å²) < 4.78 is 57.6. The summed E-state index contributed by atoms with van der Waals surface area (Å²) in [6, 6.07) is 7.91. The number of nitrogens with one attached hydrogen (secondary N) is 1. The summed E-state index contributed by atoms with van der Waals surface area (Å²) in [5.41, 5.74) is 0.148. The average molecular weight is 532 g/mol. The quantitative estimate of drug-likeness (QED) is 0.409. The molecule has 4 atom stereocenters.